The van der Waals surface area contributed by atoms with Crippen LogP contribution < -0.4 is 15.4 Å². The van der Waals surface area contributed by atoms with Gasteiger partial charge in [-0.25, -0.2) is 4.79 Å². The maximum Gasteiger partial charge on any atom is 0.408 e. The maximum absolute atomic E-state index is 13.8. The van der Waals surface area contributed by atoms with Gasteiger partial charge in [0.1, 0.15) is 35.7 Å². The number of rotatable bonds is 9. The zero-order valence-corrected chi connectivity index (χ0v) is 21.9. The Kier molecular flexibility index (Phi) is 9.89. The lowest BCUT2D eigenvalue weighted by Crippen LogP contribution is -2.54. The molecular formula is C27H34N4O6. The molecule has 0 saturated heterocycles. The van der Waals surface area contributed by atoms with Crippen molar-refractivity contribution in [3.63, 3.8) is 0 Å². The number of carbonyl (C=O) groups is 3. The number of nitriles is 1. The fourth-order valence-electron chi connectivity index (χ4n) is 3.51. The summed E-state index contributed by atoms with van der Waals surface area (Å²) in [6, 6.07) is 12.0. The predicted octanol–water partition coefficient (Wildman–Crippen LogP) is 3.98. The van der Waals surface area contributed by atoms with E-state index in [0.29, 0.717) is 17.0 Å². The molecule has 0 bridgehead atoms. The van der Waals surface area contributed by atoms with Crippen molar-refractivity contribution in [2.24, 2.45) is 5.92 Å². The van der Waals surface area contributed by atoms with Gasteiger partial charge in [-0.05, 0) is 68.7 Å². The van der Waals surface area contributed by atoms with Gasteiger partial charge in [-0.2, -0.15) is 5.26 Å². The number of methoxy groups -OCH3 is 1. The molecule has 10 heteroatoms. The Hall–Kier alpha value is -4.26. The number of hydrogen-bond acceptors (Lipinski definition) is 7. The summed E-state index contributed by atoms with van der Waals surface area (Å²) in [5.41, 5.74) is 0.0341. The normalized spacial score (nSPS) is 12.6. The quantitative estimate of drug-likeness (QED) is 0.433. The molecule has 0 heterocycles. The molecule has 37 heavy (non-hydrogen) atoms. The van der Waals surface area contributed by atoms with Gasteiger partial charge in [-0.1, -0.05) is 26.0 Å². The van der Waals surface area contributed by atoms with Crippen LogP contribution in [-0.2, 0) is 14.3 Å². The molecule has 0 saturated carbocycles. The second kappa shape index (κ2) is 12.6. The second-order valence-corrected chi connectivity index (χ2v) is 9.70. The number of hydrogen-bond donors (Lipinski definition) is 3. The number of phenolic OH excluding ortho intramolecular Hbond substituents is 1. The Bertz CT molecular complexity index is 1120. The van der Waals surface area contributed by atoms with Crippen molar-refractivity contribution in [1.82, 2.24) is 10.2 Å². The third kappa shape index (κ3) is 8.42. The Morgan fingerprint density at radius 1 is 1.05 bits per heavy atom. The van der Waals surface area contributed by atoms with Crippen molar-refractivity contribution < 1.29 is 29.0 Å². The monoisotopic (exact) mass is 510 g/mol. The SMILES string of the molecule is COc1ccc(NC(=O)C(c2ccc(O)cc2)N(CC#N)C(=O)C(NC(=O)OC(C)(C)C)C(C)C)cc1. The standard InChI is InChI=1S/C27H34N4O6/c1-17(2)22(30-26(35)37-27(3,4)5)25(34)31(16-15-28)23(18-7-11-20(32)12-8-18)24(33)29-19-9-13-21(36-6)14-10-19/h7-14,17,22-23,32H,16H2,1-6H3,(H,29,33)(H,30,35). The minimum atomic E-state index is -1.24. The van der Waals surface area contributed by atoms with Gasteiger partial charge < -0.3 is 30.1 Å². The van der Waals surface area contributed by atoms with E-state index in [1.165, 1.54) is 31.4 Å². The number of phenols is 1. The summed E-state index contributed by atoms with van der Waals surface area (Å²) >= 11 is 0. The topological polar surface area (TPSA) is 141 Å². The maximum atomic E-state index is 13.8. The number of alkyl carbamates (subject to hydrolysis) is 1. The Morgan fingerprint density at radius 2 is 1.65 bits per heavy atom. The van der Waals surface area contributed by atoms with E-state index >= 15 is 0 Å². The average molecular weight is 511 g/mol. The summed E-state index contributed by atoms with van der Waals surface area (Å²) in [4.78, 5) is 40.9. The van der Waals surface area contributed by atoms with Crippen LogP contribution in [0.3, 0.4) is 0 Å². The summed E-state index contributed by atoms with van der Waals surface area (Å²) in [5.74, 6) is -1.03. The molecule has 2 atom stereocenters. The number of ether oxygens (including phenoxy) is 2. The molecule has 0 aliphatic heterocycles. The van der Waals surface area contributed by atoms with Crippen LogP contribution in [0, 0.1) is 17.2 Å². The first-order valence-electron chi connectivity index (χ1n) is 11.8. The molecule has 10 nitrogen and oxygen atoms in total. The van der Waals surface area contributed by atoms with Crippen LogP contribution in [0.4, 0.5) is 10.5 Å². The zero-order chi connectivity index (χ0) is 27.8. The highest BCUT2D eigenvalue weighted by Crippen LogP contribution is 2.27. The number of amides is 3. The summed E-state index contributed by atoms with van der Waals surface area (Å²) in [5, 5.41) is 24.7. The molecule has 198 valence electrons. The van der Waals surface area contributed by atoms with Crippen molar-refractivity contribution in [3.8, 4) is 17.6 Å². The molecule has 2 aromatic rings. The Labute approximate surface area is 217 Å². The molecule has 3 amide bonds. The summed E-state index contributed by atoms with van der Waals surface area (Å²) in [7, 11) is 1.52. The summed E-state index contributed by atoms with van der Waals surface area (Å²) in [6.07, 6.45) is -0.791. The highest BCUT2D eigenvalue weighted by atomic mass is 16.6. The highest BCUT2D eigenvalue weighted by molar-refractivity contribution is 5.99. The minimum absolute atomic E-state index is 0.0251. The first-order valence-corrected chi connectivity index (χ1v) is 11.8. The molecule has 0 fully saturated rings. The van der Waals surface area contributed by atoms with E-state index in [0.717, 1.165) is 4.90 Å². The van der Waals surface area contributed by atoms with Gasteiger partial charge in [-0.15, -0.1) is 0 Å². The van der Waals surface area contributed by atoms with Crippen LogP contribution >= 0.6 is 0 Å². The molecule has 0 aliphatic rings. The van der Waals surface area contributed by atoms with Crippen LogP contribution in [0.1, 0.15) is 46.2 Å². The second-order valence-electron chi connectivity index (χ2n) is 9.70. The molecule has 0 radical (unpaired) electrons. The van der Waals surface area contributed by atoms with Crippen molar-refractivity contribution in [3.05, 3.63) is 54.1 Å². The van der Waals surface area contributed by atoms with Crippen molar-refractivity contribution in [2.75, 3.05) is 19.0 Å². The van der Waals surface area contributed by atoms with Crippen LogP contribution in [0.5, 0.6) is 11.5 Å². The number of anilines is 1. The summed E-state index contributed by atoms with van der Waals surface area (Å²) in [6.45, 7) is 8.13. The average Bonchev–Trinajstić information content (AvgIpc) is 2.82. The van der Waals surface area contributed by atoms with Crippen molar-refractivity contribution >= 4 is 23.6 Å². The fraction of sp³-hybridized carbons (Fsp3) is 0.407. The third-order valence-corrected chi connectivity index (χ3v) is 5.26. The number of benzene rings is 2. The van der Waals surface area contributed by atoms with E-state index in [1.807, 2.05) is 6.07 Å². The Morgan fingerprint density at radius 3 is 2.14 bits per heavy atom. The van der Waals surface area contributed by atoms with Gasteiger partial charge in [0, 0.05) is 5.69 Å². The van der Waals surface area contributed by atoms with Crippen molar-refractivity contribution in [1.29, 1.82) is 5.26 Å². The largest absolute Gasteiger partial charge is 0.508 e. The van der Waals surface area contributed by atoms with Gasteiger partial charge in [0.2, 0.25) is 5.91 Å². The number of nitrogens with zero attached hydrogens (tertiary/aromatic N) is 2. The minimum Gasteiger partial charge on any atom is -0.508 e. The molecule has 2 aromatic carbocycles. The van der Waals surface area contributed by atoms with Crippen LogP contribution in [-0.4, -0.2) is 53.2 Å². The van der Waals surface area contributed by atoms with Crippen LogP contribution in [0.15, 0.2) is 48.5 Å². The van der Waals surface area contributed by atoms with Gasteiger partial charge in [0.15, 0.2) is 0 Å². The highest BCUT2D eigenvalue weighted by Gasteiger charge is 2.37. The van der Waals surface area contributed by atoms with Gasteiger partial charge in [-0.3, -0.25) is 9.59 Å². The van der Waals surface area contributed by atoms with E-state index < -0.39 is 42.1 Å². The molecule has 0 spiro atoms. The summed E-state index contributed by atoms with van der Waals surface area (Å²) < 4.78 is 10.5. The molecule has 2 unspecified atom stereocenters. The smallest absolute Gasteiger partial charge is 0.408 e. The lowest BCUT2D eigenvalue weighted by molar-refractivity contribution is -0.140. The number of nitrogens with one attached hydrogen (secondary N) is 2. The molecular weight excluding hydrogens is 476 g/mol. The lowest BCUT2D eigenvalue weighted by atomic mass is 9.98. The van der Waals surface area contributed by atoms with E-state index in [1.54, 1.807) is 58.9 Å². The molecule has 2 rings (SSSR count). The number of aromatic hydroxyl groups is 1. The van der Waals surface area contributed by atoms with E-state index in [2.05, 4.69) is 10.6 Å². The van der Waals surface area contributed by atoms with Gasteiger partial charge in [0.05, 0.1) is 13.2 Å². The predicted molar refractivity (Wildman–Crippen MR) is 138 cm³/mol. The van der Waals surface area contributed by atoms with E-state index in [4.69, 9.17) is 9.47 Å². The van der Waals surface area contributed by atoms with Crippen molar-refractivity contribution in [2.45, 2.75) is 52.3 Å². The Balaban J connectivity index is 2.46. The molecule has 3 N–H and O–H groups in total. The number of carbonyl (C=O) groups excluding carboxylic acids is 3. The van der Waals surface area contributed by atoms with Crippen LogP contribution in [0.25, 0.3) is 0 Å². The van der Waals surface area contributed by atoms with E-state index in [9.17, 15) is 24.8 Å². The van der Waals surface area contributed by atoms with Gasteiger partial charge >= 0.3 is 6.09 Å². The van der Waals surface area contributed by atoms with E-state index in [-0.39, 0.29) is 11.7 Å². The molecule has 0 aliphatic carbocycles. The molecule has 0 aromatic heterocycles. The van der Waals surface area contributed by atoms with Crippen LogP contribution in [0.2, 0.25) is 0 Å². The first-order chi connectivity index (χ1) is 17.4. The third-order valence-electron chi connectivity index (χ3n) is 5.26. The lowest BCUT2D eigenvalue weighted by Gasteiger charge is -2.34. The fourth-order valence-corrected chi connectivity index (χ4v) is 3.51. The zero-order valence-electron chi connectivity index (χ0n) is 21.9. The van der Waals surface area contributed by atoms with Gasteiger partial charge in [0.25, 0.3) is 5.91 Å². The first kappa shape index (κ1) is 29.0.